The minimum atomic E-state index is -3.66. The van der Waals surface area contributed by atoms with Gasteiger partial charge in [0.25, 0.3) is 0 Å². The molecule has 1 heterocycles. The molecule has 1 fully saturated rings. The van der Waals surface area contributed by atoms with E-state index in [0.29, 0.717) is 13.2 Å². The van der Waals surface area contributed by atoms with Crippen molar-refractivity contribution in [1.82, 2.24) is 4.08 Å². The third-order valence-electron chi connectivity index (χ3n) is 3.52. The molecule has 0 bridgehead atoms. The first kappa shape index (κ1) is 15.8. The average Bonchev–Trinajstić information content (AvgIpc) is 2.93. The van der Waals surface area contributed by atoms with E-state index in [-0.39, 0.29) is 4.90 Å². The quantitative estimate of drug-likeness (QED) is 0.796. The predicted molar refractivity (Wildman–Crippen MR) is 91.4 cm³/mol. The Hall–Kier alpha value is -1.04. The van der Waals surface area contributed by atoms with Crippen LogP contribution in [0.15, 0.2) is 59.5 Å². The maximum atomic E-state index is 12.9. The Morgan fingerprint density at radius 2 is 1.73 bits per heavy atom. The molecule has 0 radical (unpaired) electrons. The zero-order chi connectivity index (χ0) is 15.8. The lowest BCUT2D eigenvalue weighted by Gasteiger charge is -2.26. The van der Waals surface area contributed by atoms with Crippen molar-refractivity contribution < 1.29 is 12.9 Å². The highest BCUT2D eigenvalue weighted by molar-refractivity contribution is 8.18. The molecule has 1 saturated heterocycles. The standard InChI is InChI=1S/C15H16NO3PS2/c1-13-7-9-15(10-8-13)22(17,18)16-11-12-19-20(16,21)14-5-3-2-4-6-14/h2-10H,11-12H2,1H3. The molecule has 0 amide bonds. The van der Waals surface area contributed by atoms with Crippen LogP contribution in [0.1, 0.15) is 5.56 Å². The van der Waals surface area contributed by atoms with E-state index in [1.165, 1.54) is 4.08 Å². The van der Waals surface area contributed by atoms with Crippen LogP contribution in [0.3, 0.4) is 0 Å². The summed E-state index contributed by atoms with van der Waals surface area (Å²) in [7, 11) is -3.66. The zero-order valence-corrected chi connectivity index (χ0v) is 14.6. The van der Waals surface area contributed by atoms with Crippen molar-refractivity contribution in [3.8, 4) is 0 Å². The second-order valence-corrected chi connectivity index (χ2v) is 11.0. The van der Waals surface area contributed by atoms with Crippen molar-refractivity contribution in [2.75, 3.05) is 13.2 Å². The SMILES string of the molecule is Cc1ccc(S(=O)(=O)N2CCOP2(=S)c2ccccc2)cc1. The van der Waals surface area contributed by atoms with Gasteiger partial charge in [-0.1, -0.05) is 48.0 Å². The van der Waals surface area contributed by atoms with Gasteiger partial charge in [0.15, 0.2) is 6.42 Å². The average molecular weight is 353 g/mol. The van der Waals surface area contributed by atoms with Crippen molar-refractivity contribution in [2.24, 2.45) is 0 Å². The van der Waals surface area contributed by atoms with Crippen molar-refractivity contribution in [3.63, 3.8) is 0 Å². The Bertz CT molecular complexity index is 820. The monoisotopic (exact) mass is 353 g/mol. The lowest BCUT2D eigenvalue weighted by Crippen LogP contribution is -2.29. The minimum absolute atomic E-state index is 0.258. The van der Waals surface area contributed by atoms with Crippen LogP contribution in [0.5, 0.6) is 0 Å². The number of hydrogen-bond donors (Lipinski definition) is 0. The maximum Gasteiger partial charge on any atom is 0.249 e. The van der Waals surface area contributed by atoms with Crippen molar-refractivity contribution in [2.45, 2.75) is 11.8 Å². The van der Waals surface area contributed by atoms with Crippen LogP contribution in [0.2, 0.25) is 0 Å². The molecule has 0 N–H and O–H groups in total. The highest BCUT2D eigenvalue weighted by Gasteiger charge is 2.42. The molecular formula is C15H16NO3PS2. The fraction of sp³-hybridized carbons (Fsp3) is 0.200. The Morgan fingerprint density at radius 1 is 1.09 bits per heavy atom. The van der Waals surface area contributed by atoms with Crippen molar-refractivity contribution in [3.05, 3.63) is 60.2 Å². The van der Waals surface area contributed by atoms with Gasteiger partial charge in [-0.15, -0.1) is 4.08 Å². The highest BCUT2D eigenvalue weighted by atomic mass is 32.5. The lowest BCUT2D eigenvalue weighted by molar-refractivity contribution is 0.398. The molecule has 22 heavy (non-hydrogen) atoms. The maximum absolute atomic E-state index is 12.9. The lowest BCUT2D eigenvalue weighted by atomic mass is 10.2. The smallest absolute Gasteiger partial charge is 0.249 e. The summed E-state index contributed by atoms with van der Waals surface area (Å²) >= 11 is 5.66. The third-order valence-corrected chi connectivity index (χ3v) is 10.6. The molecule has 116 valence electrons. The minimum Gasteiger partial charge on any atom is -0.333 e. The third kappa shape index (κ3) is 2.66. The van der Waals surface area contributed by atoms with E-state index < -0.39 is 16.4 Å². The van der Waals surface area contributed by atoms with Gasteiger partial charge in [-0.25, -0.2) is 8.42 Å². The van der Waals surface area contributed by atoms with Crippen molar-refractivity contribution in [1.29, 1.82) is 0 Å². The van der Waals surface area contributed by atoms with E-state index in [2.05, 4.69) is 0 Å². The summed E-state index contributed by atoms with van der Waals surface area (Å²) in [5, 5.41) is 0.762. The summed E-state index contributed by atoms with van der Waals surface area (Å²) < 4.78 is 33.0. The Labute approximate surface area is 135 Å². The molecule has 3 rings (SSSR count). The number of aryl methyl sites for hydroxylation is 1. The molecule has 1 unspecified atom stereocenters. The first-order chi connectivity index (χ1) is 10.4. The molecule has 7 heteroatoms. The van der Waals surface area contributed by atoms with E-state index >= 15 is 0 Å². The largest absolute Gasteiger partial charge is 0.333 e. The van der Waals surface area contributed by atoms with Crippen LogP contribution in [0.25, 0.3) is 0 Å². The van der Waals surface area contributed by atoms with Gasteiger partial charge in [0, 0.05) is 11.8 Å². The van der Waals surface area contributed by atoms with E-state index in [1.807, 2.05) is 37.3 Å². The van der Waals surface area contributed by atoms with Gasteiger partial charge in [-0.3, -0.25) is 0 Å². The number of sulfonamides is 1. The molecule has 4 nitrogen and oxygen atoms in total. The molecule has 2 aromatic carbocycles. The molecule has 1 aliphatic rings. The topological polar surface area (TPSA) is 46.6 Å². The van der Waals surface area contributed by atoms with E-state index in [1.54, 1.807) is 24.3 Å². The van der Waals surface area contributed by atoms with Gasteiger partial charge in [0.05, 0.1) is 11.5 Å². The first-order valence-electron chi connectivity index (χ1n) is 6.85. The van der Waals surface area contributed by atoms with Gasteiger partial charge < -0.3 is 4.52 Å². The first-order valence-corrected chi connectivity index (χ1v) is 11.0. The summed E-state index contributed by atoms with van der Waals surface area (Å²) in [4.78, 5) is 0.258. The Balaban J connectivity index is 2.07. The van der Waals surface area contributed by atoms with Crippen LogP contribution in [0, 0.1) is 6.92 Å². The van der Waals surface area contributed by atoms with Crippen LogP contribution in [-0.2, 0) is 26.4 Å². The summed E-state index contributed by atoms with van der Waals surface area (Å²) in [5.41, 5.74) is 1.01. The van der Waals surface area contributed by atoms with Crippen LogP contribution >= 0.6 is 6.42 Å². The number of benzene rings is 2. The van der Waals surface area contributed by atoms with Gasteiger partial charge in [-0.05, 0) is 30.9 Å². The Kier molecular flexibility index (Phi) is 4.23. The summed E-state index contributed by atoms with van der Waals surface area (Å²) in [5.74, 6) is 0. The van der Waals surface area contributed by atoms with Gasteiger partial charge in [0.2, 0.25) is 10.0 Å². The van der Waals surface area contributed by atoms with Gasteiger partial charge in [-0.2, -0.15) is 0 Å². The van der Waals surface area contributed by atoms with E-state index in [0.717, 1.165) is 10.9 Å². The number of rotatable bonds is 3. The van der Waals surface area contributed by atoms with E-state index in [9.17, 15) is 8.42 Å². The summed E-state index contributed by atoms with van der Waals surface area (Å²) in [6.07, 6.45) is -2.75. The molecule has 2 aromatic rings. The zero-order valence-electron chi connectivity index (χ0n) is 12.0. The van der Waals surface area contributed by atoms with Gasteiger partial charge >= 0.3 is 0 Å². The summed E-state index contributed by atoms with van der Waals surface area (Å²) in [6.45, 7) is 2.54. The molecule has 1 atom stereocenters. The highest BCUT2D eigenvalue weighted by Crippen LogP contribution is 2.56. The summed E-state index contributed by atoms with van der Waals surface area (Å²) in [6, 6.07) is 16.1. The Morgan fingerprint density at radius 3 is 2.36 bits per heavy atom. The van der Waals surface area contributed by atoms with E-state index in [4.69, 9.17) is 16.3 Å². The predicted octanol–water partition coefficient (Wildman–Crippen LogP) is 2.65. The molecule has 1 aliphatic heterocycles. The molecule has 0 spiro atoms. The molecule has 0 aliphatic carbocycles. The van der Waals surface area contributed by atoms with Crippen molar-refractivity contribution >= 4 is 33.6 Å². The molecule has 0 saturated carbocycles. The second kappa shape index (κ2) is 5.87. The number of hydrogen-bond acceptors (Lipinski definition) is 4. The van der Waals surface area contributed by atoms with Gasteiger partial charge in [0.1, 0.15) is 0 Å². The van der Waals surface area contributed by atoms with Crippen LogP contribution < -0.4 is 5.30 Å². The van der Waals surface area contributed by atoms with Crippen LogP contribution in [0.4, 0.5) is 0 Å². The fourth-order valence-electron chi connectivity index (χ4n) is 2.35. The molecular weight excluding hydrogens is 337 g/mol. The molecule has 0 aromatic heterocycles. The normalized spacial score (nSPS) is 22.8. The second-order valence-electron chi connectivity index (χ2n) is 5.05. The number of nitrogens with zero attached hydrogens (tertiary/aromatic N) is 1. The van der Waals surface area contributed by atoms with Crippen LogP contribution in [-0.4, -0.2) is 25.6 Å². The fourth-order valence-corrected chi connectivity index (χ4v) is 8.61.